The number of anilines is 1. The number of hydrogen-bond acceptors (Lipinski definition) is 7. The Balaban J connectivity index is 1.26. The second-order valence-corrected chi connectivity index (χ2v) is 8.01. The fourth-order valence-electron chi connectivity index (χ4n) is 3.74. The van der Waals surface area contributed by atoms with Crippen LogP contribution >= 0.6 is 0 Å². The molecule has 5 aromatic rings. The van der Waals surface area contributed by atoms with E-state index >= 15 is 0 Å². The maximum Gasteiger partial charge on any atom is 0.273 e. The van der Waals surface area contributed by atoms with Gasteiger partial charge in [0.1, 0.15) is 22.9 Å². The Hall–Kier alpha value is -5.12. The second kappa shape index (κ2) is 10.2. The van der Waals surface area contributed by atoms with E-state index in [-0.39, 0.29) is 5.91 Å². The minimum Gasteiger partial charge on any atom is -0.497 e. The third kappa shape index (κ3) is 5.13. The number of amides is 1. The second-order valence-electron chi connectivity index (χ2n) is 8.01. The smallest absolute Gasteiger partial charge is 0.273 e. The molecular weight excluding hydrogens is 472 g/mol. The first kappa shape index (κ1) is 23.6. The molecule has 0 spiro atoms. The van der Waals surface area contributed by atoms with E-state index in [0.29, 0.717) is 46.0 Å². The number of nitrogens with zero attached hydrogens (tertiary/aromatic N) is 5. The van der Waals surface area contributed by atoms with Crippen molar-refractivity contribution in [2.75, 3.05) is 19.5 Å². The average molecular weight is 497 g/mol. The molecule has 0 aliphatic rings. The zero-order valence-corrected chi connectivity index (χ0v) is 20.5. The first-order chi connectivity index (χ1) is 18.0. The van der Waals surface area contributed by atoms with Gasteiger partial charge in [-0.05, 0) is 66.7 Å². The molecule has 0 aliphatic carbocycles. The molecule has 3 heterocycles. The quantitative estimate of drug-likeness (QED) is 0.331. The van der Waals surface area contributed by atoms with Crippen LogP contribution in [0.5, 0.6) is 23.1 Å². The summed E-state index contributed by atoms with van der Waals surface area (Å²) in [5.41, 5.74) is 2.31. The lowest BCUT2D eigenvalue weighted by molar-refractivity contribution is 0.101. The Bertz CT molecular complexity index is 1510. The van der Waals surface area contributed by atoms with E-state index in [1.807, 2.05) is 41.2 Å². The number of rotatable bonds is 8. The fraction of sp³-hybridized carbons (Fsp3) is 0.111. The highest BCUT2D eigenvalue weighted by atomic mass is 16.5. The van der Waals surface area contributed by atoms with Gasteiger partial charge in [-0.15, -0.1) is 10.2 Å². The predicted molar refractivity (Wildman–Crippen MR) is 138 cm³/mol. The van der Waals surface area contributed by atoms with Crippen LogP contribution in [0.15, 0.2) is 85.2 Å². The van der Waals surface area contributed by atoms with Crippen molar-refractivity contribution in [2.45, 2.75) is 0 Å². The minimum absolute atomic E-state index is 0.303. The summed E-state index contributed by atoms with van der Waals surface area (Å²) >= 11 is 0. The third-order valence-corrected chi connectivity index (χ3v) is 5.62. The van der Waals surface area contributed by atoms with Gasteiger partial charge in [-0.25, -0.2) is 0 Å². The van der Waals surface area contributed by atoms with E-state index in [1.165, 1.54) is 4.68 Å². The van der Waals surface area contributed by atoms with E-state index in [9.17, 15) is 4.79 Å². The first-order valence-corrected chi connectivity index (χ1v) is 11.4. The molecule has 10 heteroatoms. The van der Waals surface area contributed by atoms with Gasteiger partial charge in [0.2, 0.25) is 5.88 Å². The van der Waals surface area contributed by atoms with Crippen LogP contribution in [0.25, 0.3) is 17.1 Å². The number of aryl methyl sites for hydroxylation is 1. The Labute approximate surface area is 213 Å². The Morgan fingerprint density at radius 2 is 1.62 bits per heavy atom. The van der Waals surface area contributed by atoms with E-state index in [1.54, 1.807) is 69.8 Å². The lowest BCUT2D eigenvalue weighted by atomic mass is 10.1. The summed E-state index contributed by atoms with van der Waals surface area (Å²) in [5.74, 6) is 2.61. The average Bonchev–Trinajstić information content (AvgIpc) is 3.60. The molecule has 0 aliphatic heterocycles. The zero-order valence-electron chi connectivity index (χ0n) is 20.5. The number of carbonyl (C=O) groups is 1. The number of ether oxygens (including phenoxy) is 3. The molecule has 0 radical (unpaired) electrons. The van der Waals surface area contributed by atoms with Crippen molar-refractivity contribution < 1.29 is 19.0 Å². The first-order valence-electron chi connectivity index (χ1n) is 11.4. The van der Waals surface area contributed by atoms with E-state index in [2.05, 4.69) is 20.6 Å². The van der Waals surface area contributed by atoms with Gasteiger partial charge in [0.05, 0.1) is 19.9 Å². The van der Waals surface area contributed by atoms with Crippen molar-refractivity contribution >= 4 is 11.6 Å². The molecule has 3 aromatic heterocycles. The summed E-state index contributed by atoms with van der Waals surface area (Å²) in [6, 6.07) is 21.5. The molecule has 0 unspecified atom stereocenters. The summed E-state index contributed by atoms with van der Waals surface area (Å²) < 4.78 is 19.9. The highest BCUT2D eigenvalue weighted by Gasteiger charge is 2.18. The zero-order chi connectivity index (χ0) is 25.8. The molecule has 186 valence electrons. The van der Waals surface area contributed by atoms with Gasteiger partial charge in [-0.1, -0.05) is 0 Å². The van der Waals surface area contributed by atoms with E-state index < -0.39 is 0 Å². The lowest BCUT2D eigenvalue weighted by Gasteiger charge is -2.08. The Kier molecular flexibility index (Phi) is 6.54. The number of methoxy groups -OCH3 is 2. The highest BCUT2D eigenvalue weighted by molar-refractivity contribution is 6.03. The molecule has 10 nitrogen and oxygen atoms in total. The van der Waals surface area contributed by atoms with Crippen LogP contribution in [0, 0.1) is 0 Å². The Morgan fingerprint density at radius 1 is 0.865 bits per heavy atom. The van der Waals surface area contributed by atoms with Crippen molar-refractivity contribution in [3.8, 4) is 40.2 Å². The van der Waals surface area contributed by atoms with Crippen LogP contribution in [0.1, 0.15) is 10.5 Å². The molecule has 2 aromatic carbocycles. The van der Waals surface area contributed by atoms with Crippen LogP contribution < -0.4 is 19.5 Å². The predicted octanol–water partition coefficient (Wildman–Crippen LogP) is 4.73. The van der Waals surface area contributed by atoms with Crippen LogP contribution in [-0.2, 0) is 7.05 Å². The normalized spacial score (nSPS) is 10.7. The molecule has 0 saturated carbocycles. The van der Waals surface area contributed by atoms with Gasteiger partial charge in [-0.2, -0.15) is 5.10 Å². The van der Waals surface area contributed by atoms with Crippen LogP contribution in [0.3, 0.4) is 0 Å². The molecule has 5 rings (SSSR count). The molecule has 0 bridgehead atoms. The topological polar surface area (TPSA) is 105 Å². The molecule has 0 atom stereocenters. The fourth-order valence-corrected chi connectivity index (χ4v) is 3.74. The summed E-state index contributed by atoms with van der Waals surface area (Å²) in [6.45, 7) is 0. The number of nitrogens with one attached hydrogen (secondary N) is 1. The monoisotopic (exact) mass is 496 g/mol. The van der Waals surface area contributed by atoms with Gasteiger partial charge >= 0.3 is 0 Å². The lowest BCUT2D eigenvalue weighted by Crippen LogP contribution is -2.15. The van der Waals surface area contributed by atoms with Gasteiger partial charge in [0.25, 0.3) is 5.91 Å². The van der Waals surface area contributed by atoms with Gasteiger partial charge in [0, 0.05) is 36.8 Å². The number of carbonyl (C=O) groups excluding carboxylic acids is 1. The molecule has 0 saturated heterocycles. The maximum atomic E-state index is 13.0. The largest absolute Gasteiger partial charge is 0.497 e. The molecular formula is C27H24N6O4. The van der Waals surface area contributed by atoms with Gasteiger partial charge in [-0.3, -0.25) is 9.48 Å². The molecule has 1 N–H and O–H groups in total. The molecule has 37 heavy (non-hydrogen) atoms. The van der Waals surface area contributed by atoms with Crippen molar-refractivity contribution in [3.05, 3.63) is 90.9 Å². The van der Waals surface area contributed by atoms with Crippen LogP contribution in [0.2, 0.25) is 0 Å². The summed E-state index contributed by atoms with van der Waals surface area (Å²) in [5, 5.41) is 15.7. The maximum absolute atomic E-state index is 13.0. The summed E-state index contributed by atoms with van der Waals surface area (Å²) in [7, 11) is 4.89. The van der Waals surface area contributed by atoms with E-state index in [0.717, 1.165) is 5.56 Å². The number of aromatic nitrogens is 5. The van der Waals surface area contributed by atoms with Gasteiger partial charge < -0.3 is 24.1 Å². The number of benzene rings is 2. The van der Waals surface area contributed by atoms with Crippen molar-refractivity contribution in [2.24, 2.45) is 7.05 Å². The highest BCUT2D eigenvalue weighted by Crippen LogP contribution is 2.33. The third-order valence-electron chi connectivity index (χ3n) is 5.62. The van der Waals surface area contributed by atoms with E-state index in [4.69, 9.17) is 14.2 Å². The SMILES string of the molecule is COc1ccc(OC)c(-c2cc(C(=O)Nc3ccc(Oc4ccc(-n5cccc5)nn4)cc3)n(C)n2)c1. The summed E-state index contributed by atoms with van der Waals surface area (Å²) in [6.07, 6.45) is 3.78. The Morgan fingerprint density at radius 3 is 2.30 bits per heavy atom. The van der Waals surface area contributed by atoms with Crippen LogP contribution in [-0.4, -0.2) is 44.7 Å². The van der Waals surface area contributed by atoms with Crippen molar-refractivity contribution in [3.63, 3.8) is 0 Å². The van der Waals surface area contributed by atoms with Crippen LogP contribution in [0.4, 0.5) is 5.69 Å². The van der Waals surface area contributed by atoms with Crippen molar-refractivity contribution in [1.29, 1.82) is 0 Å². The standard InChI is InChI=1S/C27H24N6O4/c1-32-23(17-22(31-32)21-16-20(35-2)10-11-24(21)36-3)27(34)28-18-6-8-19(9-7-18)37-26-13-12-25(29-30-26)33-14-4-5-15-33/h4-17H,1-3H3,(H,28,34). The molecule has 1 amide bonds. The minimum atomic E-state index is -0.303. The van der Waals surface area contributed by atoms with Crippen molar-refractivity contribution in [1.82, 2.24) is 24.5 Å². The summed E-state index contributed by atoms with van der Waals surface area (Å²) in [4.78, 5) is 13.0. The molecule has 0 fully saturated rings. The van der Waals surface area contributed by atoms with Gasteiger partial charge in [0.15, 0.2) is 5.82 Å². The number of hydrogen-bond donors (Lipinski definition) is 1.